The molecule has 31 heavy (non-hydrogen) atoms. The van der Waals surface area contributed by atoms with E-state index in [0.29, 0.717) is 22.6 Å². The second-order valence-electron chi connectivity index (χ2n) is 7.60. The number of benzene rings is 2. The predicted octanol–water partition coefficient (Wildman–Crippen LogP) is 3.77. The SMILES string of the molecule is COc1cc(C(C)C)c2c(c1)S(=O)(=O)N(C(Oc1cc(C)n[nH]1)c1ccccc1)C2=O. The first-order valence-corrected chi connectivity index (χ1v) is 11.2. The molecule has 1 aromatic heterocycles. The van der Waals surface area contributed by atoms with Crippen molar-refractivity contribution < 1.29 is 22.7 Å². The second kappa shape index (κ2) is 7.73. The number of nitrogens with zero attached hydrogens (tertiary/aromatic N) is 2. The highest BCUT2D eigenvalue weighted by atomic mass is 32.2. The zero-order valence-corrected chi connectivity index (χ0v) is 18.4. The summed E-state index contributed by atoms with van der Waals surface area (Å²) >= 11 is 0. The Labute approximate surface area is 180 Å². The topological polar surface area (TPSA) is 102 Å². The Morgan fingerprint density at radius 2 is 1.81 bits per heavy atom. The van der Waals surface area contributed by atoms with Crippen molar-refractivity contribution in [2.24, 2.45) is 0 Å². The van der Waals surface area contributed by atoms with E-state index in [1.54, 1.807) is 49.4 Å². The standard InChI is InChI=1S/C22H23N3O5S/c1-13(2)17-11-16(29-4)12-18-20(17)21(26)25(31(18,27)28)22(15-8-6-5-7-9-15)30-19-10-14(3)23-24-19/h5-13,22H,1-4H3,(H,23,24). The predicted molar refractivity (Wildman–Crippen MR) is 114 cm³/mol. The molecule has 0 saturated heterocycles. The van der Waals surface area contributed by atoms with Crippen LogP contribution in [0.1, 0.15) is 53.2 Å². The van der Waals surface area contributed by atoms with Crippen LogP contribution in [0.3, 0.4) is 0 Å². The summed E-state index contributed by atoms with van der Waals surface area (Å²) in [5.41, 5.74) is 1.95. The number of carbonyl (C=O) groups excluding carboxylic acids is 1. The maximum Gasteiger partial charge on any atom is 0.272 e. The van der Waals surface area contributed by atoms with Crippen molar-refractivity contribution in [1.82, 2.24) is 14.5 Å². The lowest BCUT2D eigenvalue weighted by atomic mass is 9.96. The minimum atomic E-state index is -4.20. The van der Waals surface area contributed by atoms with Crippen LogP contribution in [0.25, 0.3) is 0 Å². The van der Waals surface area contributed by atoms with Gasteiger partial charge in [0, 0.05) is 17.7 Å². The van der Waals surface area contributed by atoms with Gasteiger partial charge in [0.25, 0.3) is 15.9 Å². The average Bonchev–Trinajstić information content (AvgIpc) is 3.24. The zero-order chi connectivity index (χ0) is 22.3. The van der Waals surface area contributed by atoms with Crippen molar-refractivity contribution >= 4 is 15.9 Å². The minimum Gasteiger partial charge on any atom is -0.497 e. The van der Waals surface area contributed by atoms with Gasteiger partial charge >= 0.3 is 0 Å². The number of nitrogens with one attached hydrogen (secondary N) is 1. The average molecular weight is 442 g/mol. The van der Waals surface area contributed by atoms with Crippen LogP contribution in [-0.4, -0.2) is 35.9 Å². The number of sulfonamides is 1. The van der Waals surface area contributed by atoms with Gasteiger partial charge in [0.05, 0.1) is 18.4 Å². The Kier molecular flexibility index (Phi) is 5.22. The third-order valence-corrected chi connectivity index (χ3v) is 6.89. The summed E-state index contributed by atoms with van der Waals surface area (Å²) in [4.78, 5) is 13.5. The fraction of sp³-hybridized carbons (Fsp3) is 0.273. The lowest BCUT2D eigenvalue weighted by molar-refractivity contribution is 0.0540. The molecule has 8 nitrogen and oxygen atoms in total. The first-order valence-electron chi connectivity index (χ1n) is 9.78. The van der Waals surface area contributed by atoms with E-state index >= 15 is 0 Å². The van der Waals surface area contributed by atoms with E-state index in [2.05, 4.69) is 10.2 Å². The van der Waals surface area contributed by atoms with Crippen LogP contribution in [0.15, 0.2) is 53.4 Å². The number of hydrogen-bond donors (Lipinski definition) is 1. The molecule has 1 aliphatic heterocycles. The van der Waals surface area contributed by atoms with Gasteiger partial charge in [-0.2, -0.15) is 9.40 Å². The molecule has 4 rings (SSSR count). The fourth-order valence-corrected chi connectivity index (χ4v) is 5.29. The normalized spacial score (nSPS) is 15.8. The summed E-state index contributed by atoms with van der Waals surface area (Å²) in [6.45, 7) is 5.57. The molecule has 1 unspecified atom stereocenters. The molecule has 0 fully saturated rings. The lowest BCUT2D eigenvalue weighted by Crippen LogP contribution is -2.37. The molecular weight excluding hydrogens is 418 g/mol. The van der Waals surface area contributed by atoms with Crippen molar-refractivity contribution in [2.75, 3.05) is 7.11 Å². The van der Waals surface area contributed by atoms with Crippen LogP contribution in [-0.2, 0) is 10.0 Å². The molecule has 0 radical (unpaired) electrons. The van der Waals surface area contributed by atoms with E-state index in [9.17, 15) is 13.2 Å². The van der Waals surface area contributed by atoms with Gasteiger partial charge in [-0.05, 0) is 24.5 Å². The second-order valence-corrected chi connectivity index (χ2v) is 9.39. The molecule has 2 aromatic carbocycles. The highest BCUT2D eigenvalue weighted by Crippen LogP contribution is 2.42. The number of fused-ring (bicyclic) bond motifs is 1. The number of carbonyl (C=O) groups is 1. The number of H-pyrrole nitrogens is 1. The number of aromatic amines is 1. The molecule has 1 atom stereocenters. The van der Waals surface area contributed by atoms with Crippen molar-refractivity contribution in [3.63, 3.8) is 0 Å². The first kappa shape index (κ1) is 20.9. The number of ether oxygens (including phenoxy) is 2. The van der Waals surface area contributed by atoms with Gasteiger partial charge in [-0.15, -0.1) is 0 Å². The van der Waals surface area contributed by atoms with Crippen LogP contribution in [0, 0.1) is 6.92 Å². The van der Waals surface area contributed by atoms with Crippen molar-refractivity contribution in [1.29, 1.82) is 0 Å². The number of hydrogen-bond acceptors (Lipinski definition) is 6. The first-order chi connectivity index (χ1) is 14.7. The Morgan fingerprint density at radius 3 is 2.39 bits per heavy atom. The number of aromatic nitrogens is 2. The monoisotopic (exact) mass is 441 g/mol. The van der Waals surface area contributed by atoms with Crippen LogP contribution in [0.2, 0.25) is 0 Å². The van der Waals surface area contributed by atoms with Crippen LogP contribution in [0.4, 0.5) is 0 Å². The van der Waals surface area contributed by atoms with Crippen LogP contribution in [0.5, 0.6) is 11.6 Å². The molecule has 0 spiro atoms. The molecule has 3 aromatic rings. The van der Waals surface area contributed by atoms with Gasteiger partial charge < -0.3 is 9.47 Å². The van der Waals surface area contributed by atoms with Gasteiger partial charge in [0.15, 0.2) is 0 Å². The maximum absolute atomic E-state index is 13.6. The summed E-state index contributed by atoms with van der Waals surface area (Å²) in [6.07, 6.45) is -1.21. The minimum absolute atomic E-state index is 0.0779. The van der Waals surface area contributed by atoms with E-state index in [1.165, 1.54) is 13.2 Å². The van der Waals surface area contributed by atoms with Gasteiger partial charge in [-0.3, -0.25) is 4.79 Å². The Morgan fingerprint density at radius 1 is 1.10 bits per heavy atom. The number of aryl methyl sites for hydroxylation is 1. The van der Waals surface area contributed by atoms with E-state index < -0.39 is 22.2 Å². The largest absolute Gasteiger partial charge is 0.497 e. The lowest BCUT2D eigenvalue weighted by Gasteiger charge is -2.26. The van der Waals surface area contributed by atoms with Gasteiger partial charge in [0.2, 0.25) is 12.1 Å². The fourth-order valence-electron chi connectivity index (χ4n) is 3.62. The molecule has 0 aliphatic carbocycles. The molecule has 1 aliphatic rings. The molecule has 2 heterocycles. The van der Waals surface area contributed by atoms with Gasteiger partial charge in [-0.1, -0.05) is 44.2 Å². The number of methoxy groups -OCH3 is 1. The molecule has 0 bridgehead atoms. The van der Waals surface area contributed by atoms with Crippen molar-refractivity contribution in [3.05, 3.63) is 70.9 Å². The molecule has 9 heteroatoms. The van der Waals surface area contributed by atoms with Crippen LogP contribution < -0.4 is 9.47 Å². The third kappa shape index (κ3) is 3.54. The third-order valence-electron chi connectivity index (χ3n) is 5.13. The zero-order valence-electron chi connectivity index (χ0n) is 17.6. The van der Waals surface area contributed by atoms with E-state index in [-0.39, 0.29) is 22.3 Å². The van der Waals surface area contributed by atoms with Crippen molar-refractivity contribution in [3.8, 4) is 11.6 Å². The summed E-state index contributed by atoms with van der Waals surface area (Å²) in [7, 11) is -2.74. The summed E-state index contributed by atoms with van der Waals surface area (Å²) in [6, 6.07) is 13.5. The summed E-state index contributed by atoms with van der Waals surface area (Å²) < 4.78 is 39.3. The summed E-state index contributed by atoms with van der Waals surface area (Å²) in [5, 5.41) is 6.74. The quantitative estimate of drug-likeness (QED) is 0.625. The molecule has 1 N–H and O–H groups in total. The Balaban J connectivity index is 1.89. The molecule has 0 saturated carbocycles. The molecular formula is C22H23N3O5S. The summed E-state index contributed by atoms with van der Waals surface area (Å²) in [5.74, 6) is -0.0882. The highest BCUT2D eigenvalue weighted by Gasteiger charge is 2.48. The molecule has 1 amide bonds. The molecule has 162 valence electrons. The van der Waals surface area contributed by atoms with E-state index in [4.69, 9.17) is 9.47 Å². The van der Waals surface area contributed by atoms with E-state index in [1.807, 2.05) is 13.8 Å². The smallest absolute Gasteiger partial charge is 0.272 e. The number of amides is 1. The highest BCUT2D eigenvalue weighted by molar-refractivity contribution is 7.90. The van der Waals surface area contributed by atoms with Crippen LogP contribution >= 0.6 is 0 Å². The van der Waals surface area contributed by atoms with Crippen molar-refractivity contribution in [2.45, 2.75) is 37.8 Å². The number of rotatable bonds is 6. The van der Waals surface area contributed by atoms with E-state index in [0.717, 1.165) is 4.31 Å². The maximum atomic E-state index is 13.6. The van der Waals surface area contributed by atoms with Gasteiger partial charge in [-0.25, -0.2) is 13.5 Å². The Bertz CT molecular complexity index is 1240. The van der Waals surface area contributed by atoms with Gasteiger partial charge in [0.1, 0.15) is 10.6 Å². The Hall–Kier alpha value is -3.33.